The van der Waals surface area contributed by atoms with Crippen molar-refractivity contribution in [3.05, 3.63) is 94.4 Å². The number of nitrogens with zero attached hydrogens (tertiary/aromatic N) is 1. The molecule has 0 saturated carbocycles. The number of hydrogen-bond donors (Lipinski definition) is 2. The lowest BCUT2D eigenvalue weighted by Crippen LogP contribution is -2.36. The molecule has 1 aliphatic heterocycles. The van der Waals surface area contributed by atoms with Crippen LogP contribution >= 0.6 is 23.4 Å². The van der Waals surface area contributed by atoms with Gasteiger partial charge in [0.1, 0.15) is 12.3 Å². The Morgan fingerprint density at radius 2 is 1.50 bits per heavy atom. The van der Waals surface area contributed by atoms with Crippen molar-refractivity contribution >= 4 is 63.8 Å². The molecule has 1 aliphatic rings. The number of hydrogen-bond acceptors (Lipinski definition) is 6. The van der Waals surface area contributed by atoms with Crippen LogP contribution in [0.15, 0.2) is 83.8 Å². The molecule has 4 rings (SSSR count). The number of anilines is 2. The van der Waals surface area contributed by atoms with Gasteiger partial charge in [-0.3, -0.25) is 24.1 Å². The van der Waals surface area contributed by atoms with Gasteiger partial charge in [0.15, 0.2) is 6.61 Å². The van der Waals surface area contributed by atoms with E-state index < -0.39 is 23.6 Å². The standard InChI is InChI=1S/C26H20ClN3O5S/c27-20-13-17(11-12-21(20)35-16-24(32)29-19-9-5-2-6-10-19)14-22-25(33)30(26(34)36-22)15-23(31)28-18-7-3-1-4-8-18/h1-14H,15-16H2,(H,28,31)(H,29,32)/b22-14-. The molecule has 0 unspecified atom stereocenters. The molecule has 1 saturated heterocycles. The van der Waals surface area contributed by atoms with E-state index in [9.17, 15) is 19.2 Å². The summed E-state index contributed by atoms with van der Waals surface area (Å²) in [6.07, 6.45) is 1.51. The summed E-state index contributed by atoms with van der Waals surface area (Å²) in [5.41, 5.74) is 1.78. The predicted molar refractivity (Wildman–Crippen MR) is 140 cm³/mol. The number of rotatable bonds is 8. The highest BCUT2D eigenvalue weighted by Crippen LogP contribution is 2.33. The summed E-state index contributed by atoms with van der Waals surface area (Å²) in [5.74, 6) is -1.10. The molecule has 0 atom stereocenters. The molecule has 10 heteroatoms. The number of carbonyl (C=O) groups excluding carboxylic acids is 4. The summed E-state index contributed by atoms with van der Waals surface area (Å²) in [5, 5.41) is 5.05. The van der Waals surface area contributed by atoms with Crippen LogP contribution in [0.25, 0.3) is 6.08 Å². The van der Waals surface area contributed by atoms with E-state index in [1.807, 2.05) is 12.1 Å². The Morgan fingerprint density at radius 1 is 0.889 bits per heavy atom. The van der Waals surface area contributed by atoms with Crippen LogP contribution in [0.1, 0.15) is 5.56 Å². The number of carbonyl (C=O) groups is 4. The van der Waals surface area contributed by atoms with Crippen molar-refractivity contribution in [3.8, 4) is 5.75 Å². The zero-order valence-corrected chi connectivity index (χ0v) is 20.3. The third-order valence-electron chi connectivity index (χ3n) is 4.90. The third-order valence-corrected chi connectivity index (χ3v) is 6.11. The lowest BCUT2D eigenvalue weighted by atomic mass is 10.2. The largest absolute Gasteiger partial charge is 0.482 e. The second-order valence-electron chi connectivity index (χ2n) is 7.57. The number of halogens is 1. The van der Waals surface area contributed by atoms with Crippen molar-refractivity contribution in [2.75, 3.05) is 23.8 Å². The summed E-state index contributed by atoms with van der Waals surface area (Å²) >= 11 is 7.03. The van der Waals surface area contributed by atoms with Crippen LogP contribution < -0.4 is 15.4 Å². The Kier molecular flexibility index (Phi) is 8.04. The van der Waals surface area contributed by atoms with Gasteiger partial charge in [0.05, 0.1) is 9.93 Å². The quantitative estimate of drug-likeness (QED) is 0.403. The molecule has 4 amide bonds. The van der Waals surface area contributed by atoms with E-state index in [2.05, 4.69) is 10.6 Å². The van der Waals surface area contributed by atoms with Crippen LogP contribution in [0.4, 0.5) is 16.2 Å². The van der Waals surface area contributed by atoms with Crippen molar-refractivity contribution in [1.29, 1.82) is 0 Å². The zero-order valence-electron chi connectivity index (χ0n) is 18.8. The molecular weight excluding hydrogens is 502 g/mol. The first kappa shape index (κ1) is 25.0. The minimum Gasteiger partial charge on any atom is -0.482 e. The molecule has 2 N–H and O–H groups in total. The smallest absolute Gasteiger partial charge is 0.294 e. The van der Waals surface area contributed by atoms with Crippen LogP contribution in [-0.4, -0.2) is 41.0 Å². The zero-order chi connectivity index (χ0) is 25.5. The maximum Gasteiger partial charge on any atom is 0.294 e. The normalized spacial score (nSPS) is 14.1. The highest BCUT2D eigenvalue weighted by Gasteiger charge is 2.36. The van der Waals surface area contributed by atoms with Crippen molar-refractivity contribution in [3.63, 3.8) is 0 Å². The molecule has 0 spiro atoms. The fraction of sp³-hybridized carbons (Fsp3) is 0.0769. The number of thioether (sulfide) groups is 1. The lowest BCUT2D eigenvalue weighted by Gasteiger charge is -2.12. The van der Waals surface area contributed by atoms with Gasteiger partial charge in [-0.05, 0) is 59.8 Å². The average molecular weight is 522 g/mol. The van der Waals surface area contributed by atoms with E-state index in [-0.39, 0.29) is 22.4 Å². The minimum atomic E-state index is -0.567. The van der Waals surface area contributed by atoms with E-state index >= 15 is 0 Å². The number of imide groups is 1. The lowest BCUT2D eigenvalue weighted by molar-refractivity contribution is -0.127. The van der Waals surface area contributed by atoms with E-state index in [4.69, 9.17) is 16.3 Å². The summed E-state index contributed by atoms with van der Waals surface area (Å²) in [6.45, 7) is -0.632. The van der Waals surface area contributed by atoms with E-state index in [1.165, 1.54) is 6.08 Å². The van der Waals surface area contributed by atoms with Crippen molar-refractivity contribution < 1.29 is 23.9 Å². The van der Waals surface area contributed by atoms with E-state index in [1.54, 1.807) is 66.7 Å². The predicted octanol–water partition coefficient (Wildman–Crippen LogP) is 5.03. The monoisotopic (exact) mass is 521 g/mol. The number of nitrogens with one attached hydrogen (secondary N) is 2. The molecule has 36 heavy (non-hydrogen) atoms. The van der Waals surface area contributed by atoms with Crippen molar-refractivity contribution in [1.82, 2.24) is 4.90 Å². The molecule has 8 nitrogen and oxygen atoms in total. The van der Waals surface area contributed by atoms with Gasteiger partial charge >= 0.3 is 0 Å². The summed E-state index contributed by atoms with van der Waals surface area (Å²) < 4.78 is 5.50. The molecular formula is C26H20ClN3O5S. The Morgan fingerprint density at radius 3 is 2.11 bits per heavy atom. The van der Waals surface area contributed by atoms with Gasteiger partial charge in [0.2, 0.25) is 5.91 Å². The Labute approximate surface area is 216 Å². The van der Waals surface area contributed by atoms with E-state index in [0.29, 0.717) is 22.7 Å². The van der Waals surface area contributed by atoms with Crippen LogP contribution in [0, 0.1) is 0 Å². The SMILES string of the molecule is O=C(COc1ccc(/C=C2\SC(=O)N(CC(=O)Nc3ccccc3)C2=O)cc1Cl)Nc1ccccc1. The van der Waals surface area contributed by atoms with Crippen molar-refractivity contribution in [2.24, 2.45) is 0 Å². The van der Waals surface area contributed by atoms with Gasteiger partial charge in [-0.15, -0.1) is 0 Å². The number of para-hydroxylation sites is 2. The van der Waals surface area contributed by atoms with Gasteiger partial charge in [-0.2, -0.15) is 0 Å². The second kappa shape index (κ2) is 11.6. The molecule has 1 fully saturated rings. The highest BCUT2D eigenvalue weighted by atomic mass is 35.5. The van der Waals surface area contributed by atoms with Gasteiger partial charge in [0.25, 0.3) is 17.1 Å². The van der Waals surface area contributed by atoms with Crippen molar-refractivity contribution in [2.45, 2.75) is 0 Å². The molecule has 3 aromatic carbocycles. The molecule has 0 aromatic heterocycles. The van der Waals surface area contributed by atoms with Gasteiger partial charge < -0.3 is 15.4 Å². The van der Waals surface area contributed by atoms with Gasteiger partial charge in [-0.1, -0.05) is 54.1 Å². The van der Waals surface area contributed by atoms with Crippen LogP contribution in [0.5, 0.6) is 5.75 Å². The first-order chi connectivity index (χ1) is 17.4. The molecule has 0 bridgehead atoms. The number of amides is 4. The second-order valence-corrected chi connectivity index (χ2v) is 8.98. The van der Waals surface area contributed by atoms with E-state index in [0.717, 1.165) is 16.7 Å². The van der Waals surface area contributed by atoms with Crippen LogP contribution in [0.3, 0.4) is 0 Å². The molecule has 3 aromatic rings. The highest BCUT2D eigenvalue weighted by molar-refractivity contribution is 8.18. The Hall–Kier alpha value is -4.08. The molecule has 1 heterocycles. The number of ether oxygens (including phenoxy) is 1. The summed E-state index contributed by atoms with van der Waals surface area (Å²) in [4.78, 5) is 50.5. The van der Waals surface area contributed by atoms with Crippen LogP contribution in [0.2, 0.25) is 5.02 Å². The molecule has 0 aliphatic carbocycles. The van der Waals surface area contributed by atoms with Crippen LogP contribution in [-0.2, 0) is 14.4 Å². The van der Waals surface area contributed by atoms with Gasteiger partial charge in [-0.25, -0.2) is 0 Å². The minimum absolute atomic E-state index is 0.166. The fourth-order valence-corrected chi connectivity index (χ4v) is 4.32. The Bertz CT molecular complexity index is 1330. The number of benzene rings is 3. The Balaban J connectivity index is 1.35. The van der Waals surface area contributed by atoms with Gasteiger partial charge in [0, 0.05) is 11.4 Å². The average Bonchev–Trinajstić information content (AvgIpc) is 3.12. The third kappa shape index (κ3) is 6.53. The molecule has 182 valence electrons. The molecule has 0 radical (unpaired) electrons. The first-order valence-electron chi connectivity index (χ1n) is 10.8. The maximum absolute atomic E-state index is 12.7. The maximum atomic E-state index is 12.7. The summed E-state index contributed by atoms with van der Waals surface area (Å²) in [7, 11) is 0. The summed E-state index contributed by atoms with van der Waals surface area (Å²) in [6, 6.07) is 22.5. The first-order valence-corrected chi connectivity index (χ1v) is 12.0. The topological polar surface area (TPSA) is 105 Å². The fourth-order valence-electron chi connectivity index (χ4n) is 3.24.